The smallest absolute Gasteiger partial charge is 0.335 e. The molecule has 3 aromatic rings. The van der Waals surface area contributed by atoms with E-state index in [4.69, 9.17) is 0 Å². The van der Waals surface area contributed by atoms with E-state index < -0.39 is 23.7 Å². The zero-order chi connectivity index (χ0) is 22.7. The van der Waals surface area contributed by atoms with Gasteiger partial charge in [0.1, 0.15) is 5.82 Å². The van der Waals surface area contributed by atoms with E-state index >= 15 is 0 Å². The highest BCUT2D eigenvalue weighted by Gasteiger charge is 2.16. The molecule has 9 heteroatoms. The van der Waals surface area contributed by atoms with Crippen LogP contribution in [0.25, 0.3) is 5.69 Å². The fourth-order valence-corrected chi connectivity index (χ4v) is 3.17. The summed E-state index contributed by atoms with van der Waals surface area (Å²) < 4.78 is 15.4. The number of nitrogens with zero attached hydrogens (tertiary/aromatic N) is 2. The first kappa shape index (κ1) is 21.4. The van der Waals surface area contributed by atoms with Gasteiger partial charge in [-0.05, 0) is 50.2 Å². The Labute approximate surface area is 176 Å². The Morgan fingerprint density at radius 2 is 1.61 bits per heavy atom. The number of aryl methyl sites for hydroxylation is 1. The maximum absolute atomic E-state index is 13.7. The molecule has 3 N–H and O–H groups in total. The van der Waals surface area contributed by atoms with Crippen LogP contribution in [0.2, 0.25) is 0 Å². The number of nitrogens with one attached hydrogen (secondary N) is 1. The fourth-order valence-electron chi connectivity index (χ4n) is 3.17. The summed E-state index contributed by atoms with van der Waals surface area (Å²) in [6, 6.07) is 11.1. The second-order valence-electron chi connectivity index (χ2n) is 6.72. The zero-order valence-electron chi connectivity index (χ0n) is 16.6. The van der Waals surface area contributed by atoms with Crippen LogP contribution in [0.5, 0.6) is 0 Å². The van der Waals surface area contributed by atoms with Crippen LogP contribution in [-0.2, 0) is 0 Å². The number of carboxylic acids is 2. The van der Waals surface area contributed by atoms with Crippen molar-refractivity contribution < 1.29 is 29.0 Å². The van der Waals surface area contributed by atoms with Gasteiger partial charge in [-0.1, -0.05) is 12.1 Å². The summed E-state index contributed by atoms with van der Waals surface area (Å²) in [5, 5.41) is 22.5. The number of hydrogen-bond donors (Lipinski definition) is 3. The van der Waals surface area contributed by atoms with Gasteiger partial charge in [-0.25, -0.2) is 19.4 Å². The van der Waals surface area contributed by atoms with Gasteiger partial charge in [-0.3, -0.25) is 4.79 Å². The summed E-state index contributed by atoms with van der Waals surface area (Å²) in [7, 11) is 0. The van der Waals surface area contributed by atoms with E-state index in [1.54, 1.807) is 24.5 Å². The van der Waals surface area contributed by atoms with Gasteiger partial charge in [0.25, 0.3) is 5.91 Å². The average molecular weight is 423 g/mol. The van der Waals surface area contributed by atoms with Crippen LogP contribution < -0.4 is 5.43 Å². The van der Waals surface area contributed by atoms with Gasteiger partial charge < -0.3 is 14.8 Å². The number of amides is 1. The molecular weight excluding hydrogens is 405 g/mol. The SMILES string of the molecule is Cc1cc(/C=N\NC(=O)c2ccccc2F)c(C)n1-c1cc(C(=O)O)cc(C(=O)O)c1. The van der Waals surface area contributed by atoms with Crippen molar-refractivity contribution >= 4 is 24.1 Å². The van der Waals surface area contributed by atoms with E-state index in [0.717, 1.165) is 6.07 Å². The normalized spacial score (nSPS) is 10.9. The number of hydrogen-bond acceptors (Lipinski definition) is 4. The maximum atomic E-state index is 13.7. The minimum atomic E-state index is -1.25. The van der Waals surface area contributed by atoms with Crippen LogP contribution in [0, 0.1) is 19.7 Å². The van der Waals surface area contributed by atoms with Crippen molar-refractivity contribution in [2.75, 3.05) is 0 Å². The number of halogens is 1. The third-order valence-corrected chi connectivity index (χ3v) is 4.63. The number of aromatic nitrogens is 1. The molecule has 0 spiro atoms. The highest BCUT2D eigenvalue weighted by atomic mass is 19.1. The molecule has 8 nitrogen and oxygen atoms in total. The van der Waals surface area contributed by atoms with Crippen molar-refractivity contribution in [3.8, 4) is 5.69 Å². The number of benzene rings is 2. The van der Waals surface area contributed by atoms with Crippen LogP contribution in [0.1, 0.15) is 48.0 Å². The Morgan fingerprint density at radius 3 is 2.19 bits per heavy atom. The molecule has 3 rings (SSSR count). The Balaban J connectivity index is 1.92. The van der Waals surface area contributed by atoms with Crippen LogP contribution in [0.15, 0.2) is 53.6 Å². The average Bonchev–Trinajstić information content (AvgIpc) is 3.01. The minimum absolute atomic E-state index is 0.142. The second kappa shape index (κ2) is 8.62. The van der Waals surface area contributed by atoms with Crippen LogP contribution >= 0.6 is 0 Å². The van der Waals surface area contributed by atoms with Gasteiger partial charge in [0.05, 0.1) is 22.9 Å². The summed E-state index contributed by atoms with van der Waals surface area (Å²) in [5.41, 5.74) is 4.10. The van der Waals surface area contributed by atoms with Gasteiger partial charge in [0, 0.05) is 22.6 Å². The number of hydrazone groups is 1. The fraction of sp³-hybridized carbons (Fsp3) is 0.0909. The van der Waals surface area contributed by atoms with E-state index in [2.05, 4.69) is 10.5 Å². The number of carbonyl (C=O) groups excluding carboxylic acids is 1. The molecule has 0 atom stereocenters. The molecule has 2 aromatic carbocycles. The molecule has 158 valence electrons. The first-order valence-corrected chi connectivity index (χ1v) is 9.08. The third-order valence-electron chi connectivity index (χ3n) is 4.63. The van der Waals surface area contributed by atoms with E-state index in [9.17, 15) is 29.0 Å². The predicted molar refractivity (Wildman–Crippen MR) is 111 cm³/mol. The Hall–Kier alpha value is -4.27. The lowest BCUT2D eigenvalue weighted by Crippen LogP contribution is -2.19. The topological polar surface area (TPSA) is 121 Å². The number of carbonyl (C=O) groups is 3. The lowest BCUT2D eigenvalue weighted by atomic mass is 10.1. The molecule has 0 bridgehead atoms. The molecule has 0 fully saturated rings. The molecule has 0 aliphatic carbocycles. The van der Waals surface area contributed by atoms with Crippen molar-refractivity contribution in [3.63, 3.8) is 0 Å². The van der Waals surface area contributed by atoms with Gasteiger partial charge >= 0.3 is 11.9 Å². The highest BCUT2D eigenvalue weighted by Crippen LogP contribution is 2.22. The number of aromatic carboxylic acids is 2. The lowest BCUT2D eigenvalue weighted by Gasteiger charge is -2.12. The highest BCUT2D eigenvalue weighted by molar-refractivity contribution is 5.96. The van der Waals surface area contributed by atoms with Gasteiger partial charge in [0.2, 0.25) is 0 Å². The molecule has 0 aliphatic rings. The van der Waals surface area contributed by atoms with Gasteiger partial charge in [-0.2, -0.15) is 5.10 Å². The summed E-state index contributed by atoms with van der Waals surface area (Å²) in [6.45, 7) is 3.50. The third kappa shape index (κ3) is 4.50. The van der Waals surface area contributed by atoms with E-state index in [-0.39, 0.29) is 16.7 Å². The quantitative estimate of drug-likeness (QED) is 0.415. The van der Waals surface area contributed by atoms with Crippen molar-refractivity contribution in [2.24, 2.45) is 5.10 Å². The minimum Gasteiger partial charge on any atom is -0.478 e. The number of rotatable bonds is 6. The van der Waals surface area contributed by atoms with Crippen molar-refractivity contribution in [3.05, 3.63) is 88.0 Å². The van der Waals surface area contributed by atoms with Gasteiger partial charge in [-0.15, -0.1) is 0 Å². The van der Waals surface area contributed by atoms with E-state index in [1.807, 2.05) is 0 Å². The Kier molecular flexibility index (Phi) is 5.96. The Bertz CT molecular complexity index is 1200. The molecule has 31 heavy (non-hydrogen) atoms. The van der Waals surface area contributed by atoms with Crippen molar-refractivity contribution in [1.82, 2.24) is 9.99 Å². The summed E-state index contributed by atoms with van der Waals surface area (Å²) in [6.07, 6.45) is 1.37. The molecule has 1 amide bonds. The van der Waals surface area contributed by atoms with Crippen LogP contribution in [0.3, 0.4) is 0 Å². The Morgan fingerprint density at radius 1 is 1.00 bits per heavy atom. The molecule has 0 aliphatic heterocycles. The van der Waals surface area contributed by atoms with Crippen LogP contribution in [0.4, 0.5) is 4.39 Å². The second-order valence-corrected chi connectivity index (χ2v) is 6.72. The first-order valence-electron chi connectivity index (χ1n) is 9.08. The van der Waals surface area contributed by atoms with E-state index in [0.29, 0.717) is 22.6 Å². The molecule has 0 saturated heterocycles. The first-order chi connectivity index (χ1) is 14.7. The molecule has 1 heterocycles. The van der Waals surface area contributed by atoms with Crippen molar-refractivity contribution in [2.45, 2.75) is 13.8 Å². The lowest BCUT2D eigenvalue weighted by molar-refractivity contribution is 0.0696. The molecule has 0 saturated carbocycles. The predicted octanol–water partition coefficient (Wildman–Crippen LogP) is 3.39. The van der Waals surface area contributed by atoms with E-state index in [1.165, 1.54) is 42.6 Å². The molecule has 1 aromatic heterocycles. The zero-order valence-corrected chi connectivity index (χ0v) is 16.6. The van der Waals surface area contributed by atoms with Crippen LogP contribution in [-0.4, -0.2) is 38.8 Å². The summed E-state index contributed by atoms with van der Waals surface area (Å²) in [4.78, 5) is 34.8. The molecular formula is C22H18FN3O5. The molecule has 0 radical (unpaired) electrons. The number of carboxylic acid groups (broad SMARTS) is 2. The monoisotopic (exact) mass is 423 g/mol. The molecule has 0 unspecified atom stereocenters. The van der Waals surface area contributed by atoms with Crippen molar-refractivity contribution in [1.29, 1.82) is 0 Å². The summed E-state index contributed by atoms with van der Waals surface area (Å²) >= 11 is 0. The maximum Gasteiger partial charge on any atom is 0.335 e. The van der Waals surface area contributed by atoms with Gasteiger partial charge in [0.15, 0.2) is 0 Å². The summed E-state index contributed by atoms with van der Waals surface area (Å²) in [5.74, 6) is -3.86. The standard InChI is InChI=1S/C22H18FN3O5/c1-12-7-16(11-24-25-20(27)18-5-3-4-6-19(18)23)13(2)26(12)17-9-14(21(28)29)8-15(10-17)22(30)31/h3-11H,1-2H3,(H,25,27)(H,28,29)(H,30,31)/b24-11-. The largest absolute Gasteiger partial charge is 0.478 e.